The second-order valence-electron chi connectivity index (χ2n) is 3.91. The van der Waals surface area contributed by atoms with E-state index in [-0.39, 0.29) is 5.41 Å². The van der Waals surface area contributed by atoms with Crippen molar-refractivity contribution in [1.82, 2.24) is 0 Å². The Labute approximate surface area is 79.8 Å². The first-order valence-electron chi connectivity index (χ1n) is 4.75. The summed E-state index contributed by atoms with van der Waals surface area (Å²) in [5.41, 5.74) is 2.32. The van der Waals surface area contributed by atoms with Crippen molar-refractivity contribution in [1.29, 1.82) is 5.26 Å². The van der Waals surface area contributed by atoms with E-state index in [1.54, 1.807) is 0 Å². The monoisotopic (exact) mass is 169 g/mol. The molecule has 0 bridgehead atoms. The lowest BCUT2D eigenvalue weighted by molar-refractivity contribution is 0.324. The molecular weight excluding hydrogens is 157 g/mol. The van der Waals surface area contributed by atoms with Crippen molar-refractivity contribution in [2.75, 3.05) is 0 Å². The van der Waals surface area contributed by atoms with E-state index < -0.39 is 0 Å². The van der Waals surface area contributed by atoms with Crippen LogP contribution in [0.1, 0.15) is 24.8 Å². The summed E-state index contributed by atoms with van der Waals surface area (Å²) < 4.78 is 0. The first-order valence-corrected chi connectivity index (χ1v) is 4.75. The maximum Gasteiger partial charge on any atom is 0.139 e. The van der Waals surface area contributed by atoms with E-state index in [9.17, 15) is 0 Å². The quantitative estimate of drug-likeness (QED) is 0.572. The van der Waals surface area contributed by atoms with Crippen LogP contribution in [-0.2, 0) is 5.41 Å². The molecule has 2 heteroatoms. The first kappa shape index (κ1) is 8.38. The van der Waals surface area contributed by atoms with Gasteiger partial charge in [-0.15, -0.1) is 0 Å². The third-order valence-corrected chi connectivity index (χ3v) is 3.03. The zero-order valence-corrected chi connectivity index (χ0v) is 7.88. The third kappa shape index (κ3) is 1.25. The van der Waals surface area contributed by atoms with Crippen LogP contribution in [0.4, 0.5) is 0 Å². The Bertz CT molecular complexity index is 343. The van der Waals surface area contributed by atoms with Gasteiger partial charge in [0.15, 0.2) is 0 Å². The molecule has 1 aromatic carbocycles. The second-order valence-corrected chi connectivity index (χ2v) is 3.91. The molecule has 64 valence electrons. The highest BCUT2D eigenvalue weighted by Gasteiger charge is 2.38. The molecule has 2 rings (SSSR count). The average molecular weight is 169 g/mol. The predicted octanol–water partition coefficient (Wildman–Crippen LogP) is 0.890. The number of nitriles is 1. The van der Waals surface area contributed by atoms with Crippen molar-refractivity contribution >= 4 is 13.3 Å². The molecule has 0 spiro atoms. The SMILES string of the molecule is Bc1ccc(C2(C#N)CCC2)cc1. The molecule has 0 radical (unpaired) electrons. The van der Waals surface area contributed by atoms with Crippen LogP contribution in [0.5, 0.6) is 0 Å². The first-order chi connectivity index (χ1) is 6.27. The Kier molecular flexibility index (Phi) is 1.88. The van der Waals surface area contributed by atoms with Gasteiger partial charge in [0.25, 0.3) is 0 Å². The number of hydrogen-bond acceptors (Lipinski definition) is 1. The topological polar surface area (TPSA) is 23.8 Å². The molecule has 1 saturated carbocycles. The summed E-state index contributed by atoms with van der Waals surface area (Å²) in [6, 6.07) is 10.8. The molecule has 0 aliphatic heterocycles. The number of benzene rings is 1. The lowest BCUT2D eigenvalue weighted by Gasteiger charge is -2.35. The molecule has 0 heterocycles. The molecular formula is C11H12BN. The van der Waals surface area contributed by atoms with Gasteiger partial charge in [-0.05, 0) is 24.8 Å². The highest BCUT2D eigenvalue weighted by atomic mass is 14.4. The fourth-order valence-electron chi connectivity index (χ4n) is 1.87. The minimum atomic E-state index is -0.145. The summed E-state index contributed by atoms with van der Waals surface area (Å²) >= 11 is 0. The van der Waals surface area contributed by atoms with Crippen LogP contribution in [0.2, 0.25) is 0 Å². The molecule has 13 heavy (non-hydrogen) atoms. The summed E-state index contributed by atoms with van der Waals surface area (Å²) in [4.78, 5) is 0. The van der Waals surface area contributed by atoms with E-state index in [0.717, 1.165) is 12.8 Å². The van der Waals surface area contributed by atoms with Crippen molar-refractivity contribution in [3.05, 3.63) is 29.8 Å². The maximum atomic E-state index is 9.11. The van der Waals surface area contributed by atoms with E-state index in [2.05, 4.69) is 38.2 Å². The summed E-state index contributed by atoms with van der Waals surface area (Å²) in [6.45, 7) is 0. The maximum absolute atomic E-state index is 9.11. The predicted molar refractivity (Wildman–Crippen MR) is 55.8 cm³/mol. The van der Waals surface area contributed by atoms with Gasteiger partial charge in [0.2, 0.25) is 0 Å². The highest BCUT2D eigenvalue weighted by Crippen LogP contribution is 2.42. The normalized spacial score (nSPS) is 18.7. The van der Waals surface area contributed by atoms with Gasteiger partial charge in [-0.2, -0.15) is 5.26 Å². The minimum absolute atomic E-state index is 0.145. The van der Waals surface area contributed by atoms with E-state index in [0.29, 0.717) is 0 Å². The van der Waals surface area contributed by atoms with Gasteiger partial charge in [0.1, 0.15) is 7.85 Å². The molecule has 0 unspecified atom stereocenters. The molecule has 0 saturated heterocycles. The largest absolute Gasteiger partial charge is 0.197 e. The van der Waals surface area contributed by atoms with Gasteiger partial charge in [0.05, 0.1) is 11.5 Å². The van der Waals surface area contributed by atoms with Crippen LogP contribution in [0.25, 0.3) is 0 Å². The van der Waals surface area contributed by atoms with Gasteiger partial charge < -0.3 is 0 Å². The standard InChI is InChI=1S/C11H12BN/c12-10-4-2-9(3-5-10)11(8-13)6-1-7-11/h2-5H,1,6-7,12H2. The Morgan fingerprint density at radius 1 is 1.23 bits per heavy atom. The highest BCUT2D eigenvalue weighted by molar-refractivity contribution is 6.32. The molecule has 1 aromatic rings. The zero-order chi connectivity index (χ0) is 9.31. The molecule has 0 amide bonds. The van der Waals surface area contributed by atoms with Gasteiger partial charge in [0, 0.05) is 0 Å². The summed E-state index contributed by atoms with van der Waals surface area (Å²) in [5, 5.41) is 9.11. The third-order valence-electron chi connectivity index (χ3n) is 3.03. The Morgan fingerprint density at radius 2 is 1.85 bits per heavy atom. The molecule has 1 aliphatic carbocycles. The van der Waals surface area contributed by atoms with Crippen molar-refractivity contribution < 1.29 is 0 Å². The lowest BCUT2D eigenvalue weighted by Crippen LogP contribution is -2.32. The average Bonchev–Trinajstić information content (AvgIpc) is 2.07. The van der Waals surface area contributed by atoms with Gasteiger partial charge >= 0.3 is 0 Å². The molecule has 1 fully saturated rings. The van der Waals surface area contributed by atoms with E-state index in [1.165, 1.54) is 17.4 Å². The van der Waals surface area contributed by atoms with E-state index >= 15 is 0 Å². The van der Waals surface area contributed by atoms with Crippen LogP contribution in [0, 0.1) is 11.3 Å². The fourth-order valence-corrected chi connectivity index (χ4v) is 1.87. The number of nitrogens with zero attached hydrogens (tertiary/aromatic N) is 1. The van der Waals surface area contributed by atoms with Crippen LogP contribution in [0.15, 0.2) is 24.3 Å². The molecule has 1 aliphatic rings. The zero-order valence-electron chi connectivity index (χ0n) is 7.88. The molecule has 0 N–H and O–H groups in total. The van der Waals surface area contributed by atoms with Crippen molar-refractivity contribution in [3.8, 4) is 6.07 Å². The molecule has 0 atom stereocenters. The van der Waals surface area contributed by atoms with Gasteiger partial charge in [-0.25, -0.2) is 0 Å². The van der Waals surface area contributed by atoms with Crippen LogP contribution >= 0.6 is 0 Å². The second kappa shape index (κ2) is 2.92. The molecule has 0 aromatic heterocycles. The van der Waals surface area contributed by atoms with Crippen LogP contribution < -0.4 is 5.46 Å². The fraction of sp³-hybridized carbons (Fsp3) is 0.364. The number of hydrogen-bond donors (Lipinski definition) is 0. The van der Waals surface area contributed by atoms with Crippen molar-refractivity contribution in [2.24, 2.45) is 0 Å². The minimum Gasteiger partial charge on any atom is -0.197 e. The Balaban J connectivity index is 2.35. The molecule has 1 nitrogen and oxygen atoms in total. The van der Waals surface area contributed by atoms with Gasteiger partial charge in [-0.1, -0.05) is 29.7 Å². The van der Waals surface area contributed by atoms with Crippen LogP contribution in [-0.4, -0.2) is 7.85 Å². The summed E-state index contributed by atoms with van der Waals surface area (Å²) in [7, 11) is 2.07. The summed E-state index contributed by atoms with van der Waals surface area (Å²) in [5.74, 6) is 0. The lowest BCUT2D eigenvalue weighted by atomic mass is 9.65. The van der Waals surface area contributed by atoms with Crippen molar-refractivity contribution in [2.45, 2.75) is 24.7 Å². The smallest absolute Gasteiger partial charge is 0.139 e. The van der Waals surface area contributed by atoms with Crippen molar-refractivity contribution in [3.63, 3.8) is 0 Å². The van der Waals surface area contributed by atoms with Gasteiger partial charge in [-0.3, -0.25) is 0 Å². The Morgan fingerprint density at radius 3 is 2.23 bits per heavy atom. The Hall–Kier alpha value is -1.23. The van der Waals surface area contributed by atoms with E-state index in [4.69, 9.17) is 5.26 Å². The summed E-state index contributed by atoms with van der Waals surface area (Å²) in [6.07, 6.45) is 3.26. The van der Waals surface area contributed by atoms with E-state index in [1.807, 2.05) is 0 Å². The number of rotatable bonds is 1. The van der Waals surface area contributed by atoms with Crippen LogP contribution in [0.3, 0.4) is 0 Å².